The van der Waals surface area contributed by atoms with Crippen molar-refractivity contribution in [2.45, 2.75) is 31.8 Å². The molecule has 9 nitrogen and oxygen atoms in total. The molecule has 2 heterocycles. The fraction of sp³-hybridized carbons (Fsp3) is 0.385. The molecule has 2 rings (SSSR count). The highest BCUT2D eigenvalue weighted by molar-refractivity contribution is 5.88. The second-order valence-electron chi connectivity index (χ2n) is 5.03. The minimum atomic E-state index is -0.962. The topological polar surface area (TPSA) is 142 Å². The summed E-state index contributed by atoms with van der Waals surface area (Å²) in [7, 11) is 0. The smallest absolute Gasteiger partial charge is 0.374 e. The Morgan fingerprint density at radius 2 is 2.18 bits per heavy atom. The van der Waals surface area contributed by atoms with Crippen LogP contribution in [0.2, 0.25) is 0 Å². The summed E-state index contributed by atoms with van der Waals surface area (Å²) in [6.07, 6.45) is 5.63. The van der Waals surface area contributed by atoms with Crippen LogP contribution in [0.1, 0.15) is 18.3 Å². The van der Waals surface area contributed by atoms with Gasteiger partial charge in [0.1, 0.15) is 12.4 Å². The monoisotopic (exact) mass is 306 g/mol. The Bertz CT molecular complexity index is 634. The molecule has 118 valence electrons. The van der Waals surface area contributed by atoms with E-state index in [0.29, 0.717) is 17.8 Å². The molecular weight excluding hydrogens is 288 g/mol. The van der Waals surface area contributed by atoms with E-state index in [-0.39, 0.29) is 12.5 Å². The number of carbonyl (C=O) groups excluding carboxylic acids is 2. The molecule has 0 radical (unpaired) electrons. The van der Waals surface area contributed by atoms with E-state index in [1.165, 1.54) is 18.9 Å². The number of rotatable bonds is 5. The first-order chi connectivity index (χ1) is 10.5. The maximum absolute atomic E-state index is 11.8. The van der Waals surface area contributed by atoms with E-state index < -0.39 is 18.1 Å². The van der Waals surface area contributed by atoms with Crippen molar-refractivity contribution in [3.05, 3.63) is 36.4 Å². The van der Waals surface area contributed by atoms with Gasteiger partial charge >= 0.3 is 12.1 Å². The molecule has 2 aromatic heterocycles. The molecule has 0 aliphatic rings. The van der Waals surface area contributed by atoms with Gasteiger partial charge in [-0.05, 0) is 6.92 Å². The molecule has 0 aromatic carbocycles. The van der Waals surface area contributed by atoms with Crippen LogP contribution in [0, 0.1) is 0 Å². The lowest BCUT2D eigenvalue weighted by Gasteiger charge is -2.09. The second kappa shape index (κ2) is 6.96. The Kier molecular flexibility index (Phi) is 5.02. The van der Waals surface area contributed by atoms with E-state index in [0.717, 1.165) is 4.57 Å². The van der Waals surface area contributed by atoms with E-state index in [1.807, 2.05) is 6.92 Å². The number of aromatic nitrogens is 4. The molecule has 2 aromatic rings. The fourth-order valence-electron chi connectivity index (χ4n) is 1.83. The van der Waals surface area contributed by atoms with Crippen molar-refractivity contribution >= 4 is 12.1 Å². The van der Waals surface area contributed by atoms with E-state index in [2.05, 4.69) is 15.0 Å². The molecule has 0 spiro atoms. The molecule has 0 fully saturated rings. The summed E-state index contributed by atoms with van der Waals surface area (Å²) in [5.41, 5.74) is 12.7. The lowest BCUT2D eigenvalue weighted by atomic mass is 10.2. The number of esters is 1. The number of hydrogen-bond donors (Lipinski definition) is 3. The van der Waals surface area contributed by atoms with Gasteiger partial charge in [-0.25, -0.2) is 24.1 Å². The normalized spacial score (nSPS) is 13.6. The van der Waals surface area contributed by atoms with Gasteiger partial charge in [-0.2, -0.15) is 0 Å². The molecule has 0 saturated heterocycles. The molecule has 0 unspecified atom stereocenters. The third-order valence-corrected chi connectivity index (χ3v) is 2.86. The molecule has 0 saturated carbocycles. The van der Waals surface area contributed by atoms with Crippen molar-refractivity contribution < 1.29 is 14.3 Å². The molecule has 5 N–H and O–H groups in total. The SMILES string of the molecule is C[C@@H](N)Cc1cn(C(=O)OC(=O)[C@@H](N)Cc2cnc[nH]2)cn1. The number of imidazole rings is 2. The summed E-state index contributed by atoms with van der Waals surface area (Å²) in [6.45, 7) is 1.83. The van der Waals surface area contributed by atoms with Crippen molar-refractivity contribution in [3.8, 4) is 0 Å². The zero-order chi connectivity index (χ0) is 16.1. The number of ether oxygens (including phenoxy) is 1. The van der Waals surface area contributed by atoms with Gasteiger partial charge in [0.25, 0.3) is 0 Å². The van der Waals surface area contributed by atoms with Crippen LogP contribution in [-0.2, 0) is 22.4 Å². The zero-order valence-corrected chi connectivity index (χ0v) is 12.1. The van der Waals surface area contributed by atoms with Gasteiger partial charge in [0.2, 0.25) is 0 Å². The van der Waals surface area contributed by atoms with Crippen LogP contribution >= 0.6 is 0 Å². The minimum absolute atomic E-state index is 0.0798. The first-order valence-corrected chi connectivity index (χ1v) is 6.73. The molecular formula is C13H18N6O3. The molecule has 0 aliphatic heterocycles. The van der Waals surface area contributed by atoms with Gasteiger partial charge in [0.05, 0.1) is 12.0 Å². The summed E-state index contributed by atoms with van der Waals surface area (Å²) in [5, 5.41) is 0. The van der Waals surface area contributed by atoms with Crippen molar-refractivity contribution in [1.29, 1.82) is 0 Å². The Balaban J connectivity index is 1.90. The second-order valence-corrected chi connectivity index (χ2v) is 5.03. The van der Waals surface area contributed by atoms with Gasteiger partial charge in [0.15, 0.2) is 0 Å². The highest BCUT2D eigenvalue weighted by atomic mass is 16.6. The van der Waals surface area contributed by atoms with Crippen LogP contribution in [0.4, 0.5) is 4.79 Å². The average Bonchev–Trinajstić information content (AvgIpc) is 3.09. The van der Waals surface area contributed by atoms with Crippen LogP contribution in [0.15, 0.2) is 25.0 Å². The number of aromatic amines is 1. The van der Waals surface area contributed by atoms with E-state index in [4.69, 9.17) is 16.2 Å². The van der Waals surface area contributed by atoms with E-state index >= 15 is 0 Å². The van der Waals surface area contributed by atoms with Crippen molar-refractivity contribution in [2.24, 2.45) is 11.5 Å². The highest BCUT2D eigenvalue weighted by Crippen LogP contribution is 2.03. The first-order valence-electron chi connectivity index (χ1n) is 6.73. The quantitative estimate of drug-likeness (QED) is 0.503. The lowest BCUT2D eigenvalue weighted by molar-refractivity contribution is -0.138. The Labute approximate surface area is 126 Å². The van der Waals surface area contributed by atoms with Crippen molar-refractivity contribution in [3.63, 3.8) is 0 Å². The molecule has 0 amide bonds. The van der Waals surface area contributed by atoms with Gasteiger partial charge in [-0.1, -0.05) is 0 Å². The summed E-state index contributed by atoms with van der Waals surface area (Å²) in [6, 6.07) is -1.04. The van der Waals surface area contributed by atoms with Gasteiger partial charge < -0.3 is 21.2 Å². The van der Waals surface area contributed by atoms with Crippen LogP contribution in [0.25, 0.3) is 0 Å². The van der Waals surface area contributed by atoms with Crippen LogP contribution in [0.3, 0.4) is 0 Å². The fourth-order valence-corrected chi connectivity index (χ4v) is 1.83. The third-order valence-electron chi connectivity index (χ3n) is 2.86. The average molecular weight is 306 g/mol. The summed E-state index contributed by atoms with van der Waals surface area (Å²) in [4.78, 5) is 34.3. The number of nitrogens with two attached hydrogens (primary N) is 2. The molecule has 0 aliphatic carbocycles. The maximum atomic E-state index is 11.8. The van der Waals surface area contributed by atoms with Gasteiger partial charge in [-0.15, -0.1) is 0 Å². The predicted molar refractivity (Wildman–Crippen MR) is 76.7 cm³/mol. The molecule has 0 bridgehead atoms. The largest absolute Gasteiger partial charge is 0.427 e. The Morgan fingerprint density at radius 1 is 1.41 bits per heavy atom. The maximum Gasteiger partial charge on any atom is 0.427 e. The highest BCUT2D eigenvalue weighted by Gasteiger charge is 2.21. The summed E-state index contributed by atoms with van der Waals surface area (Å²) >= 11 is 0. The molecule has 22 heavy (non-hydrogen) atoms. The molecule has 9 heteroatoms. The number of hydrogen-bond acceptors (Lipinski definition) is 7. The van der Waals surface area contributed by atoms with Gasteiger partial charge in [-0.3, -0.25) is 0 Å². The zero-order valence-electron chi connectivity index (χ0n) is 12.1. The number of H-pyrrole nitrogens is 1. The molecule has 2 atom stereocenters. The van der Waals surface area contributed by atoms with Crippen molar-refractivity contribution in [2.75, 3.05) is 0 Å². The minimum Gasteiger partial charge on any atom is -0.374 e. The number of carbonyl (C=O) groups is 2. The number of nitrogens with zero attached hydrogens (tertiary/aromatic N) is 3. The summed E-state index contributed by atoms with van der Waals surface area (Å²) in [5.74, 6) is -0.818. The Hall–Kier alpha value is -2.52. The van der Waals surface area contributed by atoms with Gasteiger partial charge in [0, 0.05) is 37.0 Å². The number of nitrogens with one attached hydrogen (secondary N) is 1. The van der Waals surface area contributed by atoms with Crippen molar-refractivity contribution in [1.82, 2.24) is 19.5 Å². The van der Waals surface area contributed by atoms with E-state index in [1.54, 1.807) is 6.20 Å². The lowest BCUT2D eigenvalue weighted by Crippen LogP contribution is -2.36. The third kappa shape index (κ3) is 4.24. The Morgan fingerprint density at radius 3 is 2.82 bits per heavy atom. The van der Waals surface area contributed by atoms with Crippen LogP contribution in [0.5, 0.6) is 0 Å². The predicted octanol–water partition coefficient (Wildman–Crippen LogP) is -0.423. The standard InChI is InChI=1S/C13H18N6O3/c1-8(14)2-10-5-19(7-18-10)13(21)22-12(20)11(15)3-9-4-16-6-17-9/h4-8,11H,2-3,14-15H2,1H3,(H,16,17)/t8-,11+/m1/s1. The van der Waals surface area contributed by atoms with Crippen LogP contribution in [-0.4, -0.2) is 43.7 Å². The summed E-state index contributed by atoms with van der Waals surface area (Å²) < 4.78 is 5.80. The van der Waals surface area contributed by atoms with E-state index in [9.17, 15) is 9.59 Å². The van der Waals surface area contributed by atoms with Crippen LogP contribution < -0.4 is 11.5 Å². The first kappa shape index (κ1) is 15.9.